The van der Waals surface area contributed by atoms with Crippen LogP contribution in [0.4, 0.5) is 8.96 Å². The molecule has 0 aromatic carbocycles. The molecule has 9 heavy (non-hydrogen) atoms. The Bertz CT molecular complexity index is 96.6. The zero-order valence-electron chi connectivity index (χ0n) is 4.68. The molecular weight excluding hydrogens is 132 g/mol. The number of aliphatic carboxylic acids is 1. The molecule has 0 aromatic rings. The first-order valence-electron chi connectivity index (χ1n) is 2.44. The van der Waals surface area contributed by atoms with E-state index in [1.165, 1.54) is 0 Å². The van der Waals surface area contributed by atoms with Gasteiger partial charge in [0.2, 0.25) is 0 Å². The summed E-state index contributed by atoms with van der Waals surface area (Å²) in [5.74, 6) is -1.04. The van der Waals surface area contributed by atoms with Crippen LogP contribution in [0.2, 0.25) is 0 Å². The van der Waals surface area contributed by atoms with Crippen LogP contribution in [0.1, 0.15) is 12.8 Å². The Labute approximate surface area is 50.8 Å². The van der Waals surface area contributed by atoms with Crippen LogP contribution in [0, 0.1) is 0 Å². The minimum atomic E-state index is -1.04. The third kappa shape index (κ3) is 7.29. The highest BCUT2D eigenvalue weighted by atomic mass is 19.4. The molecular formula is C4H7F2NO2. The summed E-state index contributed by atoms with van der Waals surface area (Å²) in [4.78, 5) is 9.72. The van der Waals surface area contributed by atoms with Gasteiger partial charge in [-0.1, -0.05) is 0 Å². The van der Waals surface area contributed by atoms with Crippen molar-refractivity contribution in [3.63, 3.8) is 0 Å². The lowest BCUT2D eigenvalue weighted by Crippen LogP contribution is -2.05. The number of rotatable bonds is 4. The van der Waals surface area contributed by atoms with Gasteiger partial charge in [-0.2, -0.15) is 0 Å². The van der Waals surface area contributed by atoms with E-state index in [1.807, 2.05) is 0 Å². The molecule has 0 aliphatic rings. The lowest BCUT2D eigenvalue weighted by atomic mass is 10.3. The average molecular weight is 139 g/mol. The molecule has 5 heteroatoms. The maximum atomic E-state index is 11.1. The van der Waals surface area contributed by atoms with Crippen LogP contribution in [0.15, 0.2) is 0 Å². The molecule has 54 valence electrons. The number of nitrogens with zero attached hydrogens (tertiary/aromatic N) is 1. The fraction of sp³-hybridized carbons (Fsp3) is 0.750. The number of halogens is 2. The highest BCUT2D eigenvalue weighted by molar-refractivity contribution is 5.66. The van der Waals surface area contributed by atoms with E-state index in [0.717, 1.165) is 0 Å². The number of carbonyl (C=O) groups is 1. The average Bonchev–Trinajstić information content (AvgIpc) is 1.63. The van der Waals surface area contributed by atoms with Crippen LogP contribution in [0.5, 0.6) is 0 Å². The second-order valence-electron chi connectivity index (χ2n) is 1.52. The fourth-order valence-corrected chi connectivity index (χ4v) is 0.350. The van der Waals surface area contributed by atoms with Gasteiger partial charge < -0.3 is 5.11 Å². The van der Waals surface area contributed by atoms with Crippen molar-refractivity contribution in [2.45, 2.75) is 12.8 Å². The molecule has 3 nitrogen and oxygen atoms in total. The standard InChI is InChI=1S/C4H7F2NO2/c5-7(6)3-1-2-4(8)9/h1-3H2,(H,8,9). The Morgan fingerprint density at radius 2 is 2.11 bits per heavy atom. The van der Waals surface area contributed by atoms with Crippen LogP contribution < -0.4 is 0 Å². The normalized spacial score (nSPS) is 10.1. The van der Waals surface area contributed by atoms with E-state index in [-0.39, 0.29) is 12.8 Å². The van der Waals surface area contributed by atoms with Crippen molar-refractivity contribution >= 4 is 5.97 Å². The molecule has 0 bridgehead atoms. The molecule has 0 aliphatic heterocycles. The topological polar surface area (TPSA) is 40.5 Å². The zero-order chi connectivity index (χ0) is 7.28. The summed E-state index contributed by atoms with van der Waals surface area (Å²) < 4.78 is 22.3. The van der Waals surface area contributed by atoms with Gasteiger partial charge in [0.25, 0.3) is 0 Å². The van der Waals surface area contributed by atoms with Gasteiger partial charge in [-0.15, -0.1) is 8.96 Å². The Morgan fingerprint density at radius 1 is 1.56 bits per heavy atom. The molecule has 0 saturated carbocycles. The van der Waals surface area contributed by atoms with Gasteiger partial charge in [0, 0.05) is 11.8 Å². The van der Waals surface area contributed by atoms with Crippen molar-refractivity contribution < 1.29 is 18.9 Å². The Balaban J connectivity index is 3.01. The lowest BCUT2D eigenvalue weighted by Gasteiger charge is -1.95. The summed E-state index contributed by atoms with van der Waals surface area (Å²) in [6.07, 6.45) is -0.216. The number of hydrogen-bond donors (Lipinski definition) is 1. The molecule has 0 saturated heterocycles. The van der Waals surface area contributed by atoms with E-state index in [0.29, 0.717) is 0 Å². The lowest BCUT2D eigenvalue weighted by molar-refractivity contribution is -0.155. The highest BCUT2D eigenvalue weighted by Gasteiger charge is 2.00. The Morgan fingerprint density at radius 3 is 2.44 bits per heavy atom. The molecule has 0 amide bonds. The van der Waals surface area contributed by atoms with Gasteiger partial charge in [0.1, 0.15) is 0 Å². The molecule has 0 atom stereocenters. The fourth-order valence-electron chi connectivity index (χ4n) is 0.350. The maximum Gasteiger partial charge on any atom is 0.303 e. The first-order valence-corrected chi connectivity index (χ1v) is 2.44. The van der Waals surface area contributed by atoms with Crippen molar-refractivity contribution in [3.05, 3.63) is 0 Å². The van der Waals surface area contributed by atoms with Gasteiger partial charge in [-0.25, -0.2) is 0 Å². The van der Waals surface area contributed by atoms with Crippen LogP contribution in [0.25, 0.3) is 0 Å². The van der Waals surface area contributed by atoms with Crippen LogP contribution in [-0.4, -0.2) is 23.0 Å². The van der Waals surface area contributed by atoms with E-state index in [4.69, 9.17) is 5.11 Å². The van der Waals surface area contributed by atoms with Crippen LogP contribution in [0.3, 0.4) is 0 Å². The third-order valence-electron chi connectivity index (χ3n) is 0.718. The largest absolute Gasteiger partial charge is 0.481 e. The van der Waals surface area contributed by atoms with Crippen molar-refractivity contribution in [3.8, 4) is 0 Å². The molecule has 0 radical (unpaired) electrons. The third-order valence-corrected chi connectivity index (χ3v) is 0.718. The van der Waals surface area contributed by atoms with E-state index in [1.54, 1.807) is 0 Å². The SMILES string of the molecule is O=C(O)CCCN(F)F. The second-order valence-corrected chi connectivity index (χ2v) is 1.52. The van der Waals surface area contributed by atoms with Crippen LogP contribution in [-0.2, 0) is 4.79 Å². The molecule has 0 aliphatic carbocycles. The molecule has 0 rings (SSSR count). The summed E-state index contributed by atoms with van der Waals surface area (Å²) in [6.45, 7) is -0.480. The van der Waals surface area contributed by atoms with Crippen molar-refractivity contribution in [1.29, 1.82) is 0 Å². The first-order chi connectivity index (χ1) is 4.13. The van der Waals surface area contributed by atoms with Crippen molar-refractivity contribution in [2.75, 3.05) is 6.54 Å². The summed E-state index contributed by atoms with van der Waals surface area (Å²) >= 11 is 0. The summed E-state index contributed by atoms with van der Waals surface area (Å²) in [6, 6.07) is 0. The first kappa shape index (κ1) is 8.29. The van der Waals surface area contributed by atoms with Gasteiger partial charge in [-0.3, -0.25) is 4.79 Å². The number of carboxylic acid groups (broad SMARTS) is 1. The summed E-state index contributed by atoms with van der Waals surface area (Å²) in [5, 5.41) is 6.94. The van der Waals surface area contributed by atoms with Gasteiger partial charge in [-0.05, 0) is 6.42 Å². The van der Waals surface area contributed by atoms with Gasteiger partial charge in [0.15, 0.2) is 0 Å². The van der Waals surface area contributed by atoms with Gasteiger partial charge in [0.05, 0.1) is 6.54 Å². The molecule has 0 heterocycles. The summed E-state index contributed by atoms with van der Waals surface area (Å²) in [7, 11) is 0. The molecule has 1 N–H and O–H groups in total. The van der Waals surface area contributed by atoms with Crippen molar-refractivity contribution in [2.24, 2.45) is 0 Å². The molecule has 0 fully saturated rings. The van der Waals surface area contributed by atoms with Crippen LogP contribution >= 0.6 is 0 Å². The Hall–Kier alpha value is -0.710. The predicted octanol–water partition coefficient (Wildman–Crippen LogP) is 0.922. The smallest absolute Gasteiger partial charge is 0.303 e. The predicted molar refractivity (Wildman–Crippen MR) is 25.8 cm³/mol. The minimum absolute atomic E-state index is 0.0116. The second kappa shape index (κ2) is 4.20. The zero-order valence-corrected chi connectivity index (χ0v) is 4.68. The van der Waals surface area contributed by atoms with Gasteiger partial charge >= 0.3 is 5.97 Å². The van der Waals surface area contributed by atoms with E-state index < -0.39 is 17.9 Å². The molecule has 0 spiro atoms. The summed E-state index contributed by atoms with van der Waals surface area (Å²) in [5.41, 5.74) is 0. The minimum Gasteiger partial charge on any atom is -0.481 e. The van der Waals surface area contributed by atoms with E-state index in [9.17, 15) is 13.8 Å². The highest BCUT2D eigenvalue weighted by Crippen LogP contribution is 1.95. The quantitative estimate of drug-likeness (QED) is 0.589. The maximum absolute atomic E-state index is 11.1. The number of carboxylic acids is 1. The molecule has 0 aromatic heterocycles. The van der Waals surface area contributed by atoms with E-state index >= 15 is 0 Å². The Kier molecular flexibility index (Phi) is 3.87. The monoisotopic (exact) mass is 139 g/mol. The van der Waals surface area contributed by atoms with Crippen molar-refractivity contribution in [1.82, 2.24) is 5.34 Å². The molecule has 0 unspecified atom stereocenters. The van der Waals surface area contributed by atoms with E-state index in [2.05, 4.69) is 0 Å². The number of hydrogen-bond acceptors (Lipinski definition) is 2.